The Labute approximate surface area is 336 Å². The highest BCUT2D eigenvalue weighted by atomic mass is 16.3. The maximum atomic E-state index is 9.86. The Kier molecular flexibility index (Phi) is 2.50. The molecule has 0 aliphatic rings. The number of hydrogen-bond acceptors (Lipinski definition) is 1. The van der Waals surface area contributed by atoms with Crippen LogP contribution in [0.2, 0.25) is 0 Å². The molecule has 0 radical (unpaired) electrons. The molecule has 0 saturated carbocycles. The van der Waals surface area contributed by atoms with Crippen molar-refractivity contribution in [2.45, 2.75) is 0 Å². The normalized spacial score (nSPS) is 20.2. The fraction of sp³-hybridized carbons (Fsp3) is 0. The van der Waals surface area contributed by atoms with Crippen molar-refractivity contribution < 1.29 is 45.5 Å². The topological polar surface area (TPSA) is 13.1 Å². The van der Waals surface area contributed by atoms with E-state index >= 15 is 0 Å². The molecule has 1 nitrogen and oxygen atoms in total. The Morgan fingerprint density at radius 2 is 0.745 bits per heavy atom. The van der Waals surface area contributed by atoms with Crippen molar-refractivity contribution >= 4 is 75.8 Å². The minimum atomic E-state index is -1.13. The molecule has 0 spiro atoms. The molecule has 236 valence electrons. The number of furan rings is 1. The van der Waals surface area contributed by atoms with Gasteiger partial charge in [-0.25, -0.2) is 0 Å². The van der Waals surface area contributed by atoms with Crippen LogP contribution < -0.4 is 0 Å². The maximum Gasteiger partial charge on any atom is 0.143 e. The summed E-state index contributed by atoms with van der Waals surface area (Å²) < 4.78 is 281. The highest BCUT2D eigenvalue weighted by molar-refractivity contribution is 6.27. The summed E-state index contributed by atoms with van der Waals surface area (Å²) in [6, 6.07) is -29.3. The molecule has 1 heterocycles. The van der Waals surface area contributed by atoms with Crippen LogP contribution in [0.4, 0.5) is 0 Å². The summed E-state index contributed by atoms with van der Waals surface area (Å²) in [4.78, 5) is 0. The van der Waals surface area contributed by atoms with Gasteiger partial charge in [0.1, 0.15) is 11.2 Å². The van der Waals surface area contributed by atoms with Gasteiger partial charge in [-0.1, -0.05) is 169 Å². The number of hydrogen-bond donors (Lipinski definition) is 0. The summed E-state index contributed by atoms with van der Waals surface area (Å²) in [6.07, 6.45) is 0. The van der Waals surface area contributed by atoms with Crippen molar-refractivity contribution in [3.05, 3.63) is 181 Å². The minimum absolute atomic E-state index is 0.493. The Morgan fingerprint density at radius 1 is 0.294 bits per heavy atom. The molecule has 11 rings (SSSR count). The Balaban J connectivity index is 1.51. The van der Waals surface area contributed by atoms with Crippen LogP contribution in [-0.2, 0) is 0 Å². The van der Waals surface area contributed by atoms with Gasteiger partial charge in [-0.05, 0) is 93.9 Å². The van der Waals surface area contributed by atoms with Gasteiger partial charge >= 0.3 is 0 Å². The molecule has 0 N–H and O–H groups in total. The van der Waals surface area contributed by atoms with E-state index in [1.54, 1.807) is 0 Å². The molecular formula is C50H30O. The average Bonchev–Trinajstić information content (AvgIpc) is 3.91. The fourth-order valence-electron chi connectivity index (χ4n) is 6.62. The van der Waals surface area contributed by atoms with E-state index in [4.69, 9.17) is 27.7 Å². The van der Waals surface area contributed by atoms with Crippen LogP contribution in [-0.4, -0.2) is 0 Å². The lowest BCUT2D eigenvalue weighted by Gasteiger charge is -2.20. The zero-order valence-corrected chi connectivity index (χ0v) is 25.4. The zero-order valence-electron chi connectivity index (χ0n) is 55.4. The van der Waals surface area contributed by atoms with Gasteiger partial charge < -0.3 is 4.42 Å². The van der Waals surface area contributed by atoms with E-state index in [1.165, 1.54) is 0 Å². The lowest BCUT2D eigenvalue weighted by molar-refractivity contribution is 0.673. The van der Waals surface area contributed by atoms with Crippen molar-refractivity contribution in [1.82, 2.24) is 0 Å². The quantitative estimate of drug-likeness (QED) is 0.170. The summed E-state index contributed by atoms with van der Waals surface area (Å²) in [5, 5.41) is -8.44. The van der Waals surface area contributed by atoms with E-state index in [1.807, 2.05) is 0 Å². The van der Waals surface area contributed by atoms with Crippen molar-refractivity contribution in [3.8, 4) is 33.4 Å². The molecule has 0 unspecified atom stereocenters. The standard InChI is InChI=1S/C50H30O/c1-3-18-34-31(13-1)15-9-24-36(34)47-38-20-5-7-22-40(38)48(41-23-8-6-21-39(41)47)43-27-11-17-33-16-10-25-37(46(33)43)42-26-12-28-45-49(42)44-30-29-32-14-2-4-19-35(32)50(44)51-45/h1-30H/i1D,2D,3D,4D,5D,6D,7D,8D,9D,10D,11D,12D,13D,14D,15D,16D,17D,18D,19D,20D,21D,22D,23D,24D,25D,26D,27D,28D,29D,30D. The second kappa shape index (κ2) is 10.9. The second-order valence-corrected chi connectivity index (χ2v) is 11.3. The first kappa shape index (κ1) is 11.7. The molecule has 0 amide bonds. The fourth-order valence-corrected chi connectivity index (χ4v) is 6.62. The van der Waals surface area contributed by atoms with Crippen LogP contribution in [0.15, 0.2) is 186 Å². The first-order valence-electron chi connectivity index (χ1n) is 30.2. The first-order chi connectivity index (χ1) is 37.8. The summed E-state index contributed by atoms with van der Waals surface area (Å²) in [5.74, 6) is 0. The molecule has 0 saturated heterocycles. The molecule has 10 aromatic carbocycles. The monoisotopic (exact) mass is 676 g/mol. The van der Waals surface area contributed by atoms with Crippen LogP contribution in [0.5, 0.6) is 0 Å². The lowest BCUT2D eigenvalue weighted by atomic mass is 9.82. The van der Waals surface area contributed by atoms with Gasteiger partial charge in [-0.15, -0.1) is 0 Å². The largest absolute Gasteiger partial charge is 0.455 e. The van der Waals surface area contributed by atoms with Crippen molar-refractivity contribution in [2.75, 3.05) is 0 Å². The Hall–Kier alpha value is -6.70. The van der Waals surface area contributed by atoms with Crippen molar-refractivity contribution in [2.24, 2.45) is 0 Å². The third-order valence-electron chi connectivity index (χ3n) is 8.69. The SMILES string of the molecule is [2H]c1c([2H])c(-c2c([2H])c([2H])c([2H])c3c([2H])c([2H])c([2H])c(-c4c5c([2H])c([2H])c([2H])c([2H])c5c(-c5c([2H])c([2H])c([2H])c6c([2H])c([2H])c([2H])c([2H])c56)c5c([2H])c([2H])c([2H])c([2H])c45)c23)c2c(oc3c4c([2H])c([2H])c([2H])c([2H])c4c([2H])c([2H])c32)c1[2H]. The lowest BCUT2D eigenvalue weighted by Crippen LogP contribution is -1.93. The minimum Gasteiger partial charge on any atom is -0.455 e. The van der Waals surface area contributed by atoms with Crippen LogP contribution in [0, 0.1) is 0 Å². The summed E-state index contributed by atoms with van der Waals surface area (Å²) in [7, 11) is 0. The van der Waals surface area contributed by atoms with Gasteiger partial charge in [0.15, 0.2) is 0 Å². The Bertz CT molecular complexity index is 4830. The van der Waals surface area contributed by atoms with E-state index in [9.17, 15) is 17.8 Å². The van der Waals surface area contributed by atoms with E-state index in [-0.39, 0.29) is 0 Å². The highest BCUT2D eigenvalue weighted by Gasteiger charge is 2.22. The maximum absolute atomic E-state index is 9.86. The van der Waals surface area contributed by atoms with Gasteiger partial charge in [0.05, 0.1) is 41.1 Å². The Morgan fingerprint density at radius 3 is 1.41 bits per heavy atom. The van der Waals surface area contributed by atoms with E-state index in [2.05, 4.69) is 0 Å². The van der Waals surface area contributed by atoms with Crippen molar-refractivity contribution in [1.29, 1.82) is 0 Å². The van der Waals surface area contributed by atoms with Crippen LogP contribution in [0.1, 0.15) is 41.1 Å². The van der Waals surface area contributed by atoms with E-state index < -0.39 is 290 Å². The second-order valence-electron chi connectivity index (χ2n) is 11.3. The van der Waals surface area contributed by atoms with Gasteiger partial charge in [0.25, 0.3) is 0 Å². The number of rotatable bonds is 3. The molecule has 0 aliphatic heterocycles. The smallest absolute Gasteiger partial charge is 0.143 e. The highest BCUT2D eigenvalue weighted by Crippen LogP contribution is 2.49. The van der Waals surface area contributed by atoms with Gasteiger partial charge in [0.2, 0.25) is 0 Å². The molecule has 51 heavy (non-hydrogen) atoms. The van der Waals surface area contributed by atoms with Crippen LogP contribution >= 0.6 is 0 Å². The number of benzene rings is 10. The zero-order chi connectivity index (χ0) is 59.6. The molecule has 0 fully saturated rings. The predicted octanol–water partition coefficient (Wildman–Crippen LogP) is 14.4. The van der Waals surface area contributed by atoms with E-state index in [0.717, 1.165) is 0 Å². The average molecular weight is 677 g/mol. The molecule has 0 bridgehead atoms. The molecule has 1 heteroatoms. The van der Waals surface area contributed by atoms with Crippen LogP contribution in [0.25, 0.3) is 109 Å². The first-order valence-corrected chi connectivity index (χ1v) is 15.2. The van der Waals surface area contributed by atoms with E-state index in [0.29, 0.717) is 0 Å². The molecule has 0 aliphatic carbocycles. The molecule has 1 aromatic heterocycles. The summed E-state index contributed by atoms with van der Waals surface area (Å²) in [5.41, 5.74) is -6.19. The summed E-state index contributed by atoms with van der Waals surface area (Å²) in [6.45, 7) is 0. The molecule has 0 atom stereocenters. The summed E-state index contributed by atoms with van der Waals surface area (Å²) >= 11 is 0. The van der Waals surface area contributed by atoms with Gasteiger partial charge in [-0.2, -0.15) is 0 Å². The molecular weight excluding hydrogens is 617 g/mol. The van der Waals surface area contributed by atoms with Crippen LogP contribution in [0.3, 0.4) is 0 Å². The van der Waals surface area contributed by atoms with Crippen molar-refractivity contribution in [3.63, 3.8) is 0 Å². The third kappa shape index (κ3) is 4.09. The third-order valence-corrected chi connectivity index (χ3v) is 8.69. The van der Waals surface area contributed by atoms with Gasteiger partial charge in [0, 0.05) is 16.2 Å². The van der Waals surface area contributed by atoms with Gasteiger partial charge in [-0.3, -0.25) is 0 Å². The molecule has 11 aromatic rings. The predicted molar refractivity (Wildman–Crippen MR) is 218 cm³/mol. The number of fused-ring (bicyclic) bond motifs is 9.